The fraction of sp³-hybridized carbons (Fsp3) is 0.520. The second-order valence-electron chi connectivity index (χ2n) is 8.09. The highest BCUT2D eigenvalue weighted by Crippen LogP contribution is 2.28. The number of rotatable bonds is 10. The molecule has 2 aromatic rings. The third-order valence-electron chi connectivity index (χ3n) is 5.58. The first kappa shape index (κ1) is 26.2. The van der Waals surface area contributed by atoms with Gasteiger partial charge in [0.2, 0.25) is 6.29 Å². The van der Waals surface area contributed by atoms with E-state index in [0.29, 0.717) is 0 Å². The third kappa shape index (κ3) is 7.05. The van der Waals surface area contributed by atoms with Crippen LogP contribution in [0.15, 0.2) is 30.5 Å². The van der Waals surface area contributed by atoms with E-state index >= 15 is 0 Å². The molecule has 4 atom stereocenters. The highest BCUT2D eigenvalue weighted by atomic mass is 16.7. The lowest BCUT2D eigenvalue weighted by molar-refractivity contribution is -0.261. The van der Waals surface area contributed by atoms with Crippen molar-refractivity contribution in [2.45, 2.75) is 77.5 Å². The summed E-state index contributed by atoms with van der Waals surface area (Å²) in [6, 6.07) is 7.57. The Hall–Kier alpha value is -3.40. The molecule has 10 heteroatoms. The van der Waals surface area contributed by atoms with Gasteiger partial charge in [0.25, 0.3) is 0 Å². The fourth-order valence-electron chi connectivity index (χ4n) is 3.75. The van der Waals surface area contributed by atoms with E-state index in [4.69, 9.17) is 23.7 Å². The molecular weight excluding hydrogens is 458 g/mol. The molecular formula is C25H31NO9. The van der Waals surface area contributed by atoms with Gasteiger partial charge in [-0.1, -0.05) is 39.0 Å². The minimum atomic E-state index is -1.09. The van der Waals surface area contributed by atoms with E-state index in [1.54, 1.807) is 27.0 Å². The second kappa shape index (κ2) is 12.3. The summed E-state index contributed by atoms with van der Waals surface area (Å²) in [5, 5.41) is 0.902. The molecule has 1 saturated heterocycles. The van der Waals surface area contributed by atoms with Crippen LogP contribution in [-0.2, 0) is 49.3 Å². The van der Waals surface area contributed by atoms with Crippen LogP contribution >= 0.6 is 0 Å². The van der Waals surface area contributed by atoms with Crippen molar-refractivity contribution in [2.24, 2.45) is 0 Å². The Labute approximate surface area is 203 Å². The molecule has 0 amide bonds. The van der Waals surface area contributed by atoms with Crippen LogP contribution < -0.4 is 0 Å². The standard InChI is InChI=1S/C25H31NO9/c1-4-20(27)31-14-19-25(35-22(29)6-3)18(32-21(28)5-2)12-24(33-19)34-23(30)11-15-13-26-17-10-8-7-9-16(15)17/h7-10,13,18-19,24-26H,4-6,11-12,14H2,1-3H3/t18-,19-,24+,25+/m1/s1. The molecule has 0 aliphatic carbocycles. The van der Waals surface area contributed by atoms with Gasteiger partial charge in [-0.15, -0.1) is 0 Å². The van der Waals surface area contributed by atoms with Crippen LogP contribution in [0.2, 0.25) is 0 Å². The number of H-pyrrole nitrogens is 1. The van der Waals surface area contributed by atoms with E-state index in [1.807, 2.05) is 24.3 Å². The van der Waals surface area contributed by atoms with Gasteiger partial charge in [0.05, 0.1) is 12.8 Å². The summed E-state index contributed by atoms with van der Waals surface area (Å²) < 4.78 is 27.6. The lowest BCUT2D eigenvalue weighted by atomic mass is 10.0. The van der Waals surface area contributed by atoms with Crippen LogP contribution in [0.5, 0.6) is 0 Å². The molecule has 1 N–H and O–H groups in total. The van der Waals surface area contributed by atoms with E-state index in [2.05, 4.69) is 4.98 Å². The number of hydrogen-bond donors (Lipinski definition) is 1. The smallest absolute Gasteiger partial charge is 0.312 e. The molecule has 0 bridgehead atoms. The maximum Gasteiger partial charge on any atom is 0.312 e. The van der Waals surface area contributed by atoms with Crippen LogP contribution in [0.4, 0.5) is 0 Å². The topological polar surface area (TPSA) is 130 Å². The predicted octanol–water partition coefficient (Wildman–Crippen LogP) is 2.97. The van der Waals surface area contributed by atoms with Crippen molar-refractivity contribution in [2.75, 3.05) is 6.61 Å². The molecule has 1 aromatic heterocycles. The quantitative estimate of drug-likeness (QED) is 0.395. The zero-order chi connectivity index (χ0) is 25.4. The number of carbonyl (C=O) groups is 4. The van der Waals surface area contributed by atoms with E-state index in [9.17, 15) is 19.2 Å². The maximum absolute atomic E-state index is 12.7. The van der Waals surface area contributed by atoms with Crippen molar-refractivity contribution in [3.05, 3.63) is 36.0 Å². The molecule has 3 rings (SSSR count). The number of esters is 4. The Morgan fingerprint density at radius 1 is 0.914 bits per heavy atom. The Balaban J connectivity index is 1.75. The molecule has 1 aromatic carbocycles. The van der Waals surface area contributed by atoms with Crippen molar-refractivity contribution >= 4 is 34.8 Å². The summed E-state index contributed by atoms with van der Waals surface area (Å²) in [4.78, 5) is 51.7. The van der Waals surface area contributed by atoms with Gasteiger partial charge in [-0.3, -0.25) is 19.2 Å². The van der Waals surface area contributed by atoms with Gasteiger partial charge in [-0.05, 0) is 11.6 Å². The molecule has 2 heterocycles. The van der Waals surface area contributed by atoms with Gasteiger partial charge in [0, 0.05) is 36.4 Å². The monoisotopic (exact) mass is 489 g/mol. The zero-order valence-corrected chi connectivity index (χ0v) is 20.1. The molecule has 10 nitrogen and oxygen atoms in total. The SMILES string of the molecule is CCC(=O)OC[C@H]1O[C@@H](OC(=O)Cc2c[nH]c3ccccc23)C[C@@H](OC(=O)CC)[C@@H]1OC(=O)CC. The number of aromatic amines is 1. The van der Waals surface area contributed by atoms with Crippen molar-refractivity contribution in [3.63, 3.8) is 0 Å². The number of nitrogens with one attached hydrogen (secondary N) is 1. The molecule has 35 heavy (non-hydrogen) atoms. The molecule has 0 spiro atoms. The van der Waals surface area contributed by atoms with Crippen LogP contribution in [-0.4, -0.2) is 60.1 Å². The Kier molecular flexibility index (Phi) is 9.25. The Bertz CT molecular complexity index is 1050. The summed E-state index contributed by atoms with van der Waals surface area (Å²) in [7, 11) is 0. The minimum absolute atomic E-state index is 0.00692. The maximum atomic E-state index is 12.7. The van der Waals surface area contributed by atoms with E-state index in [0.717, 1.165) is 16.5 Å². The molecule has 0 unspecified atom stereocenters. The first-order chi connectivity index (χ1) is 16.8. The van der Waals surface area contributed by atoms with Gasteiger partial charge < -0.3 is 28.7 Å². The van der Waals surface area contributed by atoms with Crippen LogP contribution in [0, 0.1) is 0 Å². The van der Waals surface area contributed by atoms with Gasteiger partial charge in [0.15, 0.2) is 6.10 Å². The second-order valence-corrected chi connectivity index (χ2v) is 8.09. The van der Waals surface area contributed by atoms with E-state index in [1.165, 1.54) is 0 Å². The largest absolute Gasteiger partial charge is 0.463 e. The number of fused-ring (bicyclic) bond motifs is 1. The average Bonchev–Trinajstić information content (AvgIpc) is 3.26. The van der Waals surface area contributed by atoms with Crippen molar-refractivity contribution in [3.8, 4) is 0 Å². The molecule has 1 fully saturated rings. The normalized spacial score (nSPS) is 21.8. The lowest BCUT2D eigenvalue weighted by Gasteiger charge is -2.39. The number of benzene rings is 1. The third-order valence-corrected chi connectivity index (χ3v) is 5.58. The highest BCUT2D eigenvalue weighted by Gasteiger charge is 2.45. The lowest BCUT2D eigenvalue weighted by Crippen LogP contribution is -2.54. The zero-order valence-electron chi connectivity index (χ0n) is 20.1. The van der Waals surface area contributed by atoms with Crippen molar-refractivity contribution in [1.29, 1.82) is 0 Å². The summed E-state index contributed by atoms with van der Waals surface area (Å²) in [5.41, 5.74) is 1.66. The first-order valence-electron chi connectivity index (χ1n) is 11.8. The summed E-state index contributed by atoms with van der Waals surface area (Å²) in [5.74, 6) is -2.07. The van der Waals surface area contributed by atoms with Crippen LogP contribution in [0.1, 0.15) is 52.0 Å². The van der Waals surface area contributed by atoms with E-state index in [-0.39, 0.29) is 38.7 Å². The van der Waals surface area contributed by atoms with Gasteiger partial charge >= 0.3 is 23.9 Å². The number of hydrogen-bond acceptors (Lipinski definition) is 9. The highest BCUT2D eigenvalue weighted by molar-refractivity contribution is 5.87. The summed E-state index contributed by atoms with van der Waals surface area (Å²) >= 11 is 0. The van der Waals surface area contributed by atoms with E-state index < -0.39 is 48.5 Å². The summed E-state index contributed by atoms with van der Waals surface area (Å²) in [6.45, 7) is 4.64. The number of para-hydroxylation sites is 1. The number of ether oxygens (including phenoxy) is 5. The molecule has 190 valence electrons. The van der Waals surface area contributed by atoms with Crippen molar-refractivity contribution in [1.82, 2.24) is 4.98 Å². The average molecular weight is 490 g/mol. The molecule has 0 radical (unpaired) electrons. The Morgan fingerprint density at radius 3 is 2.31 bits per heavy atom. The number of carbonyl (C=O) groups excluding carboxylic acids is 4. The predicted molar refractivity (Wildman–Crippen MR) is 123 cm³/mol. The van der Waals surface area contributed by atoms with Crippen LogP contribution in [0.25, 0.3) is 10.9 Å². The van der Waals surface area contributed by atoms with Crippen LogP contribution in [0.3, 0.4) is 0 Å². The first-order valence-corrected chi connectivity index (χ1v) is 11.8. The molecule has 1 aliphatic heterocycles. The minimum Gasteiger partial charge on any atom is -0.463 e. The fourth-order valence-corrected chi connectivity index (χ4v) is 3.75. The Morgan fingerprint density at radius 2 is 1.60 bits per heavy atom. The number of aromatic nitrogens is 1. The van der Waals surface area contributed by atoms with Gasteiger partial charge in [0.1, 0.15) is 18.8 Å². The van der Waals surface area contributed by atoms with Gasteiger partial charge in [-0.2, -0.15) is 0 Å². The molecule has 1 aliphatic rings. The summed E-state index contributed by atoms with van der Waals surface area (Å²) in [6.07, 6.45) is -2.01. The van der Waals surface area contributed by atoms with Crippen molar-refractivity contribution < 1.29 is 42.9 Å². The van der Waals surface area contributed by atoms with Gasteiger partial charge in [-0.25, -0.2) is 0 Å². The molecule has 0 saturated carbocycles.